The summed E-state index contributed by atoms with van der Waals surface area (Å²) < 4.78 is 0. The number of rotatable bonds is 8. The van der Waals surface area contributed by atoms with E-state index in [1.165, 1.54) is 17.7 Å². The largest absolute Gasteiger partial charge is 0.357 e. The summed E-state index contributed by atoms with van der Waals surface area (Å²) in [5.41, 5.74) is 0. The molecule has 0 radical (unpaired) electrons. The molecule has 0 amide bonds. The first-order valence-corrected chi connectivity index (χ1v) is 8.85. The van der Waals surface area contributed by atoms with Gasteiger partial charge in [0.1, 0.15) is 0 Å². The predicted octanol–water partition coefficient (Wildman–Crippen LogP) is 2.33. The minimum absolute atomic E-state index is 0.505. The molecule has 5 heteroatoms. The zero-order valence-electron chi connectivity index (χ0n) is 13.4. The number of hydrogen-bond donors (Lipinski definition) is 2. The number of hydrogen-bond acceptors (Lipinski definition) is 3. The molecule has 4 nitrogen and oxygen atoms in total. The zero-order chi connectivity index (χ0) is 15.1. The van der Waals surface area contributed by atoms with E-state index < -0.39 is 0 Å². The van der Waals surface area contributed by atoms with Crippen LogP contribution >= 0.6 is 11.3 Å². The quantitative estimate of drug-likeness (QED) is 0.572. The van der Waals surface area contributed by atoms with Crippen molar-refractivity contribution in [3.05, 3.63) is 22.4 Å². The fourth-order valence-corrected chi connectivity index (χ4v) is 3.00. The van der Waals surface area contributed by atoms with Crippen molar-refractivity contribution in [1.29, 1.82) is 0 Å². The lowest BCUT2D eigenvalue weighted by atomic mass is 10.3. The second-order valence-corrected chi connectivity index (χ2v) is 6.75. The number of guanidine groups is 1. The molecular formula is C16H28N4S. The average Bonchev–Trinajstić information content (AvgIpc) is 3.21. The van der Waals surface area contributed by atoms with Crippen LogP contribution in [-0.2, 0) is 6.42 Å². The van der Waals surface area contributed by atoms with Gasteiger partial charge in [-0.2, -0.15) is 0 Å². The second-order valence-electron chi connectivity index (χ2n) is 5.72. The van der Waals surface area contributed by atoms with Crippen LogP contribution < -0.4 is 10.6 Å². The van der Waals surface area contributed by atoms with E-state index in [-0.39, 0.29) is 0 Å². The maximum Gasteiger partial charge on any atom is 0.191 e. The van der Waals surface area contributed by atoms with E-state index in [0.717, 1.165) is 38.1 Å². The monoisotopic (exact) mass is 308 g/mol. The number of nitrogens with one attached hydrogen (secondary N) is 2. The van der Waals surface area contributed by atoms with E-state index in [1.54, 1.807) is 0 Å². The third-order valence-electron chi connectivity index (χ3n) is 3.92. The summed E-state index contributed by atoms with van der Waals surface area (Å²) in [6.07, 6.45) is 3.76. The van der Waals surface area contributed by atoms with Crippen molar-refractivity contribution in [2.75, 3.05) is 26.7 Å². The summed E-state index contributed by atoms with van der Waals surface area (Å²) in [6, 6.07) is 5.59. The Labute approximate surface area is 132 Å². The van der Waals surface area contributed by atoms with Crippen LogP contribution in [0, 0.1) is 0 Å². The Hall–Kier alpha value is -1.07. The van der Waals surface area contributed by atoms with Crippen molar-refractivity contribution in [3.8, 4) is 0 Å². The van der Waals surface area contributed by atoms with Crippen molar-refractivity contribution in [2.24, 2.45) is 4.99 Å². The number of aliphatic imine (C=N–C) groups is 1. The molecule has 1 aromatic heterocycles. The normalized spacial score (nSPS) is 17.0. The molecule has 2 N–H and O–H groups in total. The van der Waals surface area contributed by atoms with Gasteiger partial charge in [0.05, 0.1) is 6.54 Å². The third-order valence-corrected chi connectivity index (χ3v) is 4.86. The Morgan fingerprint density at radius 3 is 2.90 bits per heavy atom. The number of thiophene rings is 1. The SMILES string of the molecule is CCNC(=NCC(C)N(C)C1CC1)NCCc1cccs1. The molecule has 1 unspecified atom stereocenters. The lowest BCUT2D eigenvalue weighted by Gasteiger charge is -2.23. The lowest BCUT2D eigenvalue weighted by Crippen LogP contribution is -2.40. The molecular weight excluding hydrogens is 280 g/mol. The van der Waals surface area contributed by atoms with Gasteiger partial charge in [-0.15, -0.1) is 11.3 Å². The van der Waals surface area contributed by atoms with Crippen LogP contribution in [0.25, 0.3) is 0 Å². The Balaban J connectivity index is 1.74. The van der Waals surface area contributed by atoms with Gasteiger partial charge in [-0.05, 0) is 51.6 Å². The molecule has 0 bridgehead atoms. The maximum absolute atomic E-state index is 4.72. The fraction of sp³-hybridized carbons (Fsp3) is 0.688. The van der Waals surface area contributed by atoms with Crippen LogP contribution in [0.5, 0.6) is 0 Å². The standard InChI is InChI=1S/C16H28N4S/c1-4-17-16(18-10-9-15-6-5-11-21-15)19-12-13(2)20(3)14-7-8-14/h5-6,11,13-14H,4,7-10,12H2,1-3H3,(H2,17,18,19). The Morgan fingerprint density at radius 1 is 1.48 bits per heavy atom. The van der Waals surface area contributed by atoms with Crippen LogP contribution in [0.2, 0.25) is 0 Å². The Bertz CT molecular complexity index is 425. The first kappa shape index (κ1) is 16.3. The molecule has 1 aliphatic rings. The molecule has 1 fully saturated rings. The van der Waals surface area contributed by atoms with E-state index in [0.29, 0.717) is 6.04 Å². The highest BCUT2D eigenvalue weighted by atomic mass is 32.1. The summed E-state index contributed by atoms with van der Waals surface area (Å²) in [7, 11) is 2.22. The van der Waals surface area contributed by atoms with Gasteiger partial charge in [-0.3, -0.25) is 9.89 Å². The average molecular weight is 308 g/mol. The minimum atomic E-state index is 0.505. The molecule has 1 saturated carbocycles. The zero-order valence-corrected chi connectivity index (χ0v) is 14.2. The third kappa shape index (κ3) is 5.67. The predicted molar refractivity (Wildman–Crippen MR) is 92.3 cm³/mol. The van der Waals surface area contributed by atoms with Crippen LogP contribution in [0.1, 0.15) is 31.6 Å². The molecule has 0 spiro atoms. The summed E-state index contributed by atoms with van der Waals surface area (Å²) in [4.78, 5) is 8.59. The van der Waals surface area contributed by atoms with Crippen LogP contribution in [0.3, 0.4) is 0 Å². The number of likely N-dealkylation sites (N-methyl/N-ethyl adjacent to an activating group) is 1. The Morgan fingerprint density at radius 2 is 2.29 bits per heavy atom. The summed E-state index contributed by atoms with van der Waals surface area (Å²) in [5.74, 6) is 0.935. The van der Waals surface area contributed by atoms with Gasteiger partial charge in [0, 0.05) is 30.1 Å². The Kier molecular flexibility index (Phi) is 6.51. The topological polar surface area (TPSA) is 39.7 Å². The van der Waals surface area contributed by atoms with E-state index in [9.17, 15) is 0 Å². The summed E-state index contributed by atoms with van der Waals surface area (Å²) >= 11 is 1.81. The molecule has 2 rings (SSSR count). The minimum Gasteiger partial charge on any atom is -0.357 e. The second kappa shape index (κ2) is 8.39. The van der Waals surface area contributed by atoms with Crippen molar-refractivity contribution in [3.63, 3.8) is 0 Å². The highest BCUT2D eigenvalue weighted by Gasteiger charge is 2.28. The van der Waals surface area contributed by atoms with E-state index in [2.05, 4.69) is 53.9 Å². The van der Waals surface area contributed by atoms with Gasteiger partial charge in [0.2, 0.25) is 0 Å². The molecule has 21 heavy (non-hydrogen) atoms. The molecule has 118 valence electrons. The van der Waals surface area contributed by atoms with Crippen molar-refractivity contribution in [2.45, 2.75) is 45.2 Å². The van der Waals surface area contributed by atoms with Crippen LogP contribution in [-0.4, -0.2) is 49.6 Å². The van der Waals surface area contributed by atoms with Gasteiger partial charge in [-0.1, -0.05) is 6.07 Å². The van der Waals surface area contributed by atoms with Crippen molar-refractivity contribution in [1.82, 2.24) is 15.5 Å². The first-order valence-electron chi connectivity index (χ1n) is 7.97. The van der Waals surface area contributed by atoms with Gasteiger partial charge < -0.3 is 10.6 Å². The smallest absolute Gasteiger partial charge is 0.191 e. The van der Waals surface area contributed by atoms with Crippen molar-refractivity contribution < 1.29 is 0 Å². The summed E-state index contributed by atoms with van der Waals surface area (Å²) in [6.45, 7) is 7.05. The molecule has 0 saturated heterocycles. The molecule has 1 aliphatic carbocycles. The van der Waals surface area contributed by atoms with Gasteiger partial charge in [0.25, 0.3) is 0 Å². The van der Waals surface area contributed by atoms with Gasteiger partial charge in [0.15, 0.2) is 5.96 Å². The van der Waals surface area contributed by atoms with Crippen LogP contribution in [0.4, 0.5) is 0 Å². The summed E-state index contributed by atoms with van der Waals surface area (Å²) in [5, 5.41) is 8.88. The van der Waals surface area contributed by atoms with Gasteiger partial charge in [-0.25, -0.2) is 0 Å². The molecule has 1 aromatic rings. The van der Waals surface area contributed by atoms with Gasteiger partial charge >= 0.3 is 0 Å². The highest BCUT2D eigenvalue weighted by Crippen LogP contribution is 2.26. The lowest BCUT2D eigenvalue weighted by molar-refractivity contribution is 0.253. The first-order chi connectivity index (χ1) is 10.2. The molecule has 1 atom stereocenters. The van der Waals surface area contributed by atoms with Crippen molar-refractivity contribution >= 4 is 17.3 Å². The highest BCUT2D eigenvalue weighted by molar-refractivity contribution is 7.09. The van der Waals surface area contributed by atoms with E-state index in [1.807, 2.05) is 11.3 Å². The maximum atomic E-state index is 4.72. The number of nitrogens with zero attached hydrogens (tertiary/aromatic N) is 2. The van der Waals surface area contributed by atoms with E-state index >= 15 is 0 Å². The molecule has 0 aliphatic heterocycles. The molecule has 0 aromatic carbocycles. The van der Waals surface area contributed by atoms with E-state index in [4.69, 9.17) is 4.99 Å². The molecule has 1 heterocycles. The van der Waals surface area contributed by atoms with Crippen LogP contribution in [0.15, 0.2) is 22.5 Å². The fourth-order valence-electron chi connectivity index (χ4n) is 2.29.